The van der Waals surface area contributed by atoms with Gasteiger partial charge in [-0.05, 0) is 52.0 Å². The van der Waals surface area contributed by atoms with Crippen LogP contribution in [0.5, 0.6) is 0 Å². The van der Waals surface area contributed by atoms with Gasteiger partial charge >= 0.3 is 0 Å². The Balaban J connectivity index is 1.71. The van der Waals surface area contributed by atoms with Crippen LogP contribution in [0.2, 0.25) is 0 Å². The van der Waals surface area contributed by atoms with E-state index >= 15 is 0 Å². The van der Waals surface area contributed by atoms with Crippen LogP contribution in [0.1, 0.15) is 53.4 Å². The molecule has 3 unspecified atom stereocenters. The predicted octanol–water partition coefficient (Wildman–Crippen LogP) is 2.11. The first-order valence-corrected chi connectivity index (χ1v) is 9.82. The van der Waals surface area contributed by atoms with Gasteiger partial charge in [0, 0.05) is 32.2 Å². The van der Waals surface area contributed by atoms with Gasteiger partial charge in [-0.2, -0.15) is 0 Å². The Hall–Kier alpha value is -0.650. The number of rotatable bonds is 8. The smallest absolute Gasteiger partial charge is 0.234 e. The highest BCUT2D eigenvalue weighted by Gasteiger charge is 2.30. The predicted molar refractivity (Wildman–Crippen MR) is 98.1 cm³/mol. The first kappa shape index (κ1) is 19.7. The zero-order valence-electron chi connectivity index (χ0n) is 16.1. The van der Waals surface area contributed by atoms with Crippen LogP contribution in [0.25, 0.3) is 0 Å². The molecule has 0 spiro atoms. The first-order valence-electron chi connectivity index (χ1n) is 9.82. The molecule has 3 atom stereocenters. The van der Waals surface area contributed by atoms with Gasteiger partial charge in [0.25, 0.3) is 0 Å². The molecule has 140 valence electrons. The summed E-state index contributed by atoms with van der Waals surface area (Å²) in [6.07, 6.45) is 5.30. The Morgan fingerprint density at radius 3 is 2.62 bits per heavy atom. The fraction of sp³-hybridized carbons (Fsp3) is 0.947. The highest BCUT2D eigenvalue weighted by atomic mass is 16.5. The third-order valence-corrected chi connectivity index (χ3v) is 5.09. The lowest BCUT2D eigenvalue weighted by Gasteiger charge is -2.38. The van der Waals surface area contributed by atoms with E-state index in [4.69, 9.17) is 4.74 Å². The molecule has 2 saturated heterocycles. The summed E-state index contributed by atoms with van der Waals surface area (Å²) >= 11 is 0. The van der Waals surface area contributed by atoms with Gasteiger partial charge in [0.2, 0.25) is 5.91 Å². The quantitative estimate of drug-likeness (QED) is 0.688. The average molecular weight is 340 g/mol. The summed E-state index contributed by atoms with van der Waals surface area (Å²) in [5, 5.41) is 3.09. The van der Waals surface area contributed by atoms with Gasteiger partial charge in [-0.3, -0.25) is 14.6 Å². The van der Waals surface area contributed by atoms with E-state index in [-0.39, 0.29) is 5.91 Å². The van der Waals surface area contributed by atoms with Crippen molar-refractivity contribution in [2.45, 2.75) is 71.6 Å². The van der Waals surface area contributed by atoms with E-state index in [0.29, 0.717) is 30.7 Å². The van der Waals surface area contributed by atoms with Crippen molar-refractivity contribution in [2.75, 3.05) is 39.3 Å². The van der Waals surface area contributed by atoms with Crippen molar-refractivity contribution in [1.29, 1.82) is 0 Å². The average Bonchev–Trinajstić information content (AvgIpc) is 2.89. The normalized spacial score (nSPS) is 29.3. The van der Waals surface area contributed by atoms with Crippen molar-refractivity contribution in [2.24, 2.45) is 5.92 Å². The second kappa shape index (κ2) is 9.73. The number of morpholine rings is 1. The zero-order chi connectivity index (χ0) is 17.5. The van der Waals surface area contributed by atoms with Crippen LogP contribution < -0.4 is 5.32 Å². The molecule has 0 aromatic heterocycles. The van der Waals surface area contributed by atoms with E-state index in [9.17, 15) is 4.79 Å². The fourth-order valence-electron chi connectivity index (χ4n) is 4.02. The van der Waals surface area contributed by atoms with E-state index in [1.54, 1.807) is 0 Å². The standard InChI is InChI=1S/C19H37N3O2/c1-15(2)7-5-9-20-19(23)14-22-10-6-8-18(22)13-21-11-16(3)24-17(4)12-21/h15-18H,5-14H2,1-4H3,(H,20,23). The van der Waals surface area contributed by atoms with Gasteiger partial charge in [-0.1, -0.05) is 13.8 Å². The molecule has 24 heavy (non-hydrogen) atoms. The molecule has 0 radical (unpaired) electrons. The van der Waals surface area contributed by atoms with Gasteiger partial charge in [0.1, 0.15) is 0 Å². The lowest BCUT2D eigenvalue weighted by atomic mass is 10.1. The fourth-order valence-corrected chi connectivity index (χ4v) is 4.02. The van der Waals surface area contributed by atoms with Gasteiger partial charge in [-0.15, -0.1) is 0 Å². The van der Waals surface area contributed by atoms with Crippen molar-refractivity contribution in [3.8, 4) is 0 Å². The summed E-state index contributed by atoms with van der Waals surface area (Å²) in [5.74, 6) is 0.900. The van der Waals surface area contributed by atoms with Crippen molar-refractivity contribution >= 4 is 5.91 Å². The Bertz CT molecular complexity index is 379. The van der Waals surface area contributed by atoms with Gasteiger partial charge in [0.05, 0.1) is 18.8 Å². The van der Waals surface area contributed by atoms with Crippen LogP contribution in [0, 0.1) is 5.92 Å². The first-order chi connectivity index (χ1) is 11.4. The molecule has 0 saturated carbocycles. The molecule has 2 rings (SSSR count). The zero-order valence-corrected chi connectivity index (χ0v) is 16.1. The van der Waals surface area contributed by atoms with Gasteiger partial charge < -0.3 is 10.1 Å². The molecule has 5 heteroatoms. The largest absolute Gasteiger partial charge is 0.373 e. The summed E-state index contributed by atoms with van der Waals surface area (Å²) in [6, 6.07) is 0.518. The number of amides is 1. The van der Waals surface area contributed by atoms with Crippen LogP contribution in [-0.2, 0) is 9.53 Å². The highest BCUT2D eigenvalue weighted by Crippen LogP contribution is 2.20. The maximum absolute atomic E-state index is 12.2. The van der Waals surface area contributed by atoms with Crippen LogP contribution in [0.4, 0.5) is 0 Å². The lowest BCUT2D eigenvalue weighted by Crippen LogP contribution is -2.51. The van der Waals surface area contributed by atoms with Crippen molar-refractivity contribution in [3.05, 3.63) is 0 Å². The van der Waals surface area contributed by atoms with Gasteiger partial charge in [-0.25, -0.2) is 0 Å². The molecule has 2 aliphatic heterocycles. The van der Waals surface area contributed by atoms with Crippen LogP contribution in [0.15, 0.2) is 0 Å². The minimum Gasteiger partial charge on any atom is -0.373 e. The van der Waals surface area contributed by atoms with Crippen molar-refractivity contribution in [3.63, 3.8) is 0 Å². The Morgan fingerprint density at radius 2 is 1.96 bits per heavy atom. The number of nitrogens with one attached hydrogen (secondary N) is 1. The van der Waals surface area contributed by atoms with E-state index in [1.807, 2.05) is 0 Å². The number of carbonyl (C=O) groups is 1. The molecule has 1 N–H and O–H groups in total. The van der Waals surface area contributed by atoms with Crippen LogP contribution >= 0.6 is 0 Å². The third kappa shape index (κ3) is 6.69. The SMILES string of the molecule is CC(C)CCCNC(=O)CN1CCCC1CN1CC(C)OC(C)C1. The molecule has 2 aliphatic rings. The summed E-state index contributed by atoms with van der Waals surface area (Å²) in [7, 11) is 0. The monoisotopic (exact) mass is 339 g/mol. The molecule has 2 fully saturated rings. The van der Waals surface area contributed by atoms with E-state index in [2.05, 4.69) is 42.8 Å². The Kier molecular flexibility index (Phi) is 7.98. The topological polar surface area (TPSA) is 44.8 Å². The number of hydrogen-bond acceptors (Lipinski definition) is 4. The highest BCUT2D eigenvalue weighted by molar-refractivity contribution is 5.78. The third-order valence-electron chi connectivity index (χ3n) is 5.09. The Labute approximate surface area is 148 Å². The summed E-state index contributed by atoms with van der Waals surface area (Å²) in [6.45, 7) is 14.3. The molecule has 1 amide bonds. The minimum absolute atomic E-state index is 0.189. The van der Waals surface area contributed by atoms with E-state index < -0.39 is 0 Å². The summed E-state index contributed by atoms with van der Waals surface area (Å²) < 4.78 is 5.82. The Morgan fingerprint density at radius 1 is 1.25 bits per heavy atom. The van der Waals surface area contributed by atoms with Crippen molar-refractivity contribution in [1.82, 2.24) is 15.1 Å². The maximum atomic E-state index is 12.2. The van der Waals surface area contributed by atoms with Gasteiger partial charge in [0.15, 0.2) is 0 Å². The van der Waals surface area contributed by atoms with Crippen LogP contribution in [-0.4, -0.2) is 73.2 Å². The number of likely N-dealkylation sites (tertiary alicyclic amines) is 1. The second-order valence-corrected chi connectivity index (χ2v) is 8.13. The summed E-state index contributed by atoms with van der Waals surface area (Å²) in [4.78, 5) is 17.1. The number of hydrogen-bond donors (Lipinski definition) is 1. The molecule has 5 nitrogen and oxygen atoms in total. The molecule has 0 bridgehead atoms. The van der Waals surface area contributed by atoms with E-state index in [1.165, 1.54) is 19.3 Å². The molecule has 0 aromatic rings. The number of nitrogens with zero attached hydrogens (tertiary/aromatic N) is 2. The molecule has 0 aliphatic carbocycles. The minimum atomic E-state index is 0.189. The van der Waals surface area contributed by atoms with E-state index in [0.717, 1.165) is 39.1 Å². The molecule has 0 aromatic carbocycles. The van der Waals surface area contributed by atoms with Crippen molar-refractivity contribution < 1.29 is 9.53 Å². The number of carbonyl (C=O) groups excluding carboxylic acids is 1. The molecular weight excluding hydrogens is 302 g/mol. The molecular formula is C19H37N3O2. The molecule has 2 heterocycles. The maximum Gasteiger partial charge on any atom is 0.234 e. The summed E-state index contributed by atoms with van der Waals surface area (Å²) in [5.41, 5.74) is 0. The lowest BCUT2D eigenvalue weighted by molar-refractivity contribution is -0.122. The van der Waals surface area contributed by atoms with Crippen LogP contribution in [0.3, 0.4) is 0 Å². The second-order valence-electron chi connectivity index (χ2n) is 8.13. The number of ether oxygens (including phenoxy) is 1.